The second-order valence-electron chi connectivity index (χ2n) is 13.5. The summed E-state index contributed by atoms with van der Waals surface area (Å²) >= 11 is 0. The molecule has 0 saturated heterocycles. The molecule has 0 aromatic heterocycles. The number of carbonyl (C=O) groups is 1. The van der Waals surface area contributed by atoms with Crippen LogP contribution in [0.4, 0.5) is 0 Å². The van der Waals surface area contributed by atoms with Crippen LogP contribution in [0.1, 0.15) is 99.3 Å². The van der Waals surface area contributed by atoms with Gasteiger partial charge >= 0.3 is 0 Å². The zero-order chi connectivity index (χ0) is 23.1. The molecular weight excluding hydrogens is 398 g/mol. The minimum absolute atomic E-state index is 0.148. The molecule has 5 aliphatic rings. The number of carbonyl (C=O) groups excluding carboxylic acids is 1. The molecule has 1 heterocycles. The monoisotopic (exact) mass is 443 g/mol. The van der Waals surface area contributed by atoms with Crippen LogP contribution in [0.2, 0.25) is 0 Å². The summed E-state index contributed by atoms with van der Waals surface area (Å²) in [6, 6.07) is 0. The number of hydrogen-bond donors (Lipinski definition) is 1. The highest BCUT2D eigenvalue weighted by Gasteiger charge is 2.64. The predicted molar refractivity (Wildman–Crippen MR) is 127 cm³/mol. The Morgan fingerprint density at radius 2 is 1.78 bits per heavy atom. The lowest BCUT2D eigenvalue weighted by atomic mass is 9.43. The van der Waals surface area contributed by atoms with Gasteiger partial charge in [-0.2, -0.15) is 0 Å². The van der Waals surface area contributed by atoms with Crippen molar-refractivity contribution < 1.29 is 14.6 Å². The van der Waals surface area contributed by atoms with E-state index in [4.69, 9.17) is 9.73 Å². The molecule has 4 fully saturated rings. The lowest BCUT2D eigenvalue weighted by Gasteiger charge is -2.61. The van der Waals surface area contributed by atoms with Crippen molar-refractivity contribution in [2.75, 3.05) is 6.61 Å². The first kappa shape index (κ1) is 22.9. The van der Waals surface area contributed by atoms with Gasteiger partial charge in [-0.05, 0) is 99.2 Å². The third-order valence-electron chi connectivity index (χ3n) is 11.3. The van der Waals surface area contributed by atoms with Crippen LogP contribution in [-0.4, -0.2) is 34.5 Å². The van der Waals surface area contributed by atoms with E-state index in [1.807, 2.05) is 0 Å². The van der Waals surface area contributed by atoms with Crippen LogP contribution in [-0.2, 0) is 9.53 Å². The summed E-state index contributed by atoms with van der Waals surface area (Å²) in [4.78, 5) is 18.5. The van der Waals surface area contributed by atoms with Crippen LogP contribution in [0.3, 0.4) is 0 Å². The highest BCUT2D eigenvalue weighted by atomic mass is 16.5. The van der Waals surface area contributed by atoms with Crippen molar-refractivity contribution in [1.82, 2.24) is 0 Å². The predicted octanol–water partition coefficient (Wildman–Crippen LogP) is 5.81. The van der Waals surface area contributed by atoms with Crippen LogP contribution in [0.5, 0.6) is 0 Å². The van der Waals surface area contributed by atoms with E-state index in [2.05, 4.69) is 41.5 Å². The maximum Gasteiger partial charge on any atom is 0.217 e. The summed E-state index contributed by atoms with van der Waals surface area (Å²) in [5, 5.41) is 11.6. The molecule has 0 amide bonds. The molecule has 1 N–H and O–H groups in total. The molecule has 0 bridgehead atoms. The standard InChI is InChI=1S/C28H45NO3/c1-7-17(2)19-8-9-20-23-21(10-11-27(19,20)6)26(5)12-13-28(31,15-18(26)14-22(23)30)24-29-25(3,4)16-32-24/h17-21,23,31H,7-16H2,1-6H3/t17-,18-,19-,20?,21?,23?,26+,27-,28-/m1/s1. The average Bonchev–Trinajstić information content (AvgIpc) is 3.28. The third kappa shape index (κ3) is 3.17. The van der Waals surface area contributed by atoms with Gasteiger partial charge in [0.1, 0.15) is 18.0 Å². The second kappa shape index (κ2) is 7.30. The van der Waals surface area contributed by atoms with Crippen molar-refractivity contribution in [3.8, 4) is 0 Å². The fraction of sp³-hybridized carbons (Fsp3) is 0.929. The van der Waals surface area contributed by atoms with Crippen LogP contribution in [0.15, 0.2) is 4.99 Å². The number of ketones is 1. The Morgan fingerprint density at radius 3 is 2.44 bits per heavy atom. The first-order valence-corrected chi connectivity index (χ1v) is 13.4. The van der Waals surface area contributed by atoms with E-state index >= 15 is 0 Å². The Balaban J connectivity index is 1.40. The van der Waals surface area contributed by atoms with Crippen molar-refractivity contribution in [2.45, 2.75) is 110 Å². The minimum atomic E-state index is -0.997. The lowest BCUT2D eigenvalue weighted by molar-refractivity contribution is -0.164. The highest BCUT2D eigenvalue weighted by Crippen LogP contribution is 2.68. The van der Waals surface area contributed by atoms with Crippen LogP contribution in [0.25, 0.3) is 0 Å². The molecule has 0 aromatic carbocycles. The first-order valence-electron chi connectivity index (χ1n) is 13.4. The van der Waals surface area contributed by atoms with Gasteiger partial charge in [-0.1, -0.05) is 34.1 Å². The summed E-state index contributed by atoms with van der Waals surface area (Å²) in [6.45, 7) is 14.4. The molecule has 5 rings (SSSR count). The summed E-state index contributed by atoms with van der Waals surface area (Å²) in [7, 11) is 0. The molecule has 4 nitrogen and oxygen atoms in total. The van der Waals surface area contributed by atoms with E-state index in [9.17, 15) is 9.90 Å². The summed E-state index contributed by atoms with van der Waals surface area (Å²) in [5.41, 5.74) is -0.775. The zero-order valence-electron chi connectivity index (χ0n) is 21.2. The molecule has 1 aliphatic heterocycles. The van der Waals surface area contributed by atoms with Crippen molar-refractivity contribution in [3.05, 3.63) is 0 Å². The number of aliphatic imine (C=N–C) groups is 1. The fourth-order valence-electron chi connectivity index (χ4n) is 9.20. The average molecular weight is 444 g/mol. The van der Waals surface area contributed by atoms with E-state index in [1.165, 1.54) is 32.1 Å². The van der Waals surface area contributed by atoms with E-state index < -0.39 is 5.60 Å². The van der Waals surface area contributed by atoms with Crippen LogP contribution >= 0.6 is 0 Å². The number of ether oxygens (including phenoxy) is 1. The Labute approximate surface area is 195 Å². The summed E-state index contributed by atoms with van der Waals surface area (Å²) in [5.74, 6) is 4.08. The summed E-state index contributed by atoms with van der Waals surface area (Å²) in [6.07, 6.45) is 9.21. The quantitative estimate of drug-likeness (QED) is 0.599. The zero-order valence-corrected chi connectivity index (χ0v) is 21.2. The minimum Gasteiger partial charge on any atom is -0.476 e. The smallest absolute Gasteiger partial charge is 0.217 e. The Bertz CT molecular complexity index is 819. The molecule has 9 atom stereocenters. The van der Waals surface area contributed by atoms with Crippen LogP contribution < -0.4 is 0 Å². The van der Waals surface area contributed by atoms with Gasteiger partial charge in [0.25, 0.3) is 0 Å². The number of fused-ring (bicyclic) bond motifs is 5. The van der Waals surface area contributed by atoms with E-state index in [0.717, 1.165) is 18.3 Å². The van der Waals surface area contributed by atoms with Gasteiger partial charge in [0.15, 0.2) is 0 Å². The van der Waals surface area contributed by atoms with Gasteiger partial charge in [0.2, 0.25) is 5.90 Å². The van der Waals surface area contributed by atoms with Crippen LogP contribution in [0, 0.1) is 46.3 Å². The molecule has 3 unspecified atom stereocenters. The Morgan fingerprint density at radius 1 is 1.06 bits per heavy atom. The summed E-state index contributed by atoms with van der Waals surface area (Å²) < 4.78 is 5.89. The molecule has 32 heavy (non-hydrogen) atoms. The van der Waals surface area contributed by atoms with Gasteiger partial charge < -0.3 is 9.84 Å². The number of rotatable bonds is 3. The number of Topliss-reactive ketones (excluding diaryl/α,β-unsaturated/α-hetero) is 1. The SMILES string of the molecule is CC[C@@H](C)[C@H]1CCC2C3C(=O)C[C@@H]4C[C@@](O)(C5=NC(C)(C)CO5)CC[C@]4(C)C3CC[C@@]21C. The lowest BCUT2D eigenvalue weighted by Crippen LogP contribution is -2.60. The number of hydrogen-bond acceptors (Lipinski definition) is 4. The topological polar surface area (TPSA) is 58.9 Å². The van der Waals surface area contributed by atoms with E-state index in [0.29, 0.717) is 54.8 Å². The molecule has 0 spiro atoms. The second-order valence-corrected chi connectivity index (χ2v) is 13.5. The van der Waals surface area contributed by atoms with Crippen molar-refractivity contribution in [1.29, 1.82) is 0 Å². The van der Waals surface area contributed by atoms with Gasteiger partial charge in [0.05, 0.1) is 5.54 Å². The van der Waals surface area contributed by atoms with E-state index in [1.54, 1.807) is 0 Å². The molecule has 4 aliphatic carbocycles. The van der Waals surface area contributed by atoms with Crippen molar-refractivity contribution in [2.24, 2.45) is 51.3 Å². The molecule has 4 saturated carbocycles. The molecular formula is C28H45NO3. The van der Waals surface area contributed by atoms with Crippen molar-refractivity contribution >= 4 is 11.7 Å². The number of aliphatic hydroxyl groups is 1. The number of nitrogens with zero attached hydrogens (tertiary/aromatic N) is 1. The van der Waals surface area contributed by atoms with Gasteiger partial charge in [-0.3, -0.25) is 4.79 Å². The third-order valence-corrected chi connectivity index (χ3v) is 11.3. The fourth-order valence-corrected chi connectivity index (χ4v) is 9.20. The molecule has 0 aromatic rings. The highest BCUT2D eigenvalue weighted by molar-refractivity contribution is 5.88. The maximum absolute atomic E-state index is 13.7. The Kier molecular flexibility index (Phi) is 5.22. The van der Waals surface area contributed by atoms with Gasteiger partial charge in [-0.25, -0.2) is 4.99 Å². The first-order chi connectivity index (χ1) is 14.9. The van der Waals surface area contributed by atoms with Gasteiger partial charge in [0, 0.05) is 12.3 Å². The van der Waals surface area contributed by atoms with Crippen molar-refractivity contribution in [3.63, 3.8) is 0 Å². The molecule has 180 valence electrons. The largest absolute Gasteiger partial charge is 0.476 e. The van der Waals surface area contributed by atoms with E-state index in [-0.39, 0.29) is 22.8 Å². The maximum atomic E-state index is 13.7. The molecule has 0 radical (unpaired) electrons. The normalized spacial score (nSPS) is 50.7. The van der Waals surface area contributed by atoms with Gasteiger partial charge in [-0.15, -0.1) is 0 Å². The molecule has 4 heteroatoms. The Hall–Kier alpha value is -0.900.